The Labute approximate surface area is 173 Å². The lowest BCUT2D eigenvalue weighted by Gasteiger charge is -2.28. The lowest BCUT2D eigenvalue weighted by atomic mass is 10.2. The molecule has 1 atom stereocenters. The fourth-order valence-electron chi connectivity index (χ4n) is 3.93. The molecule has 1 saturated heterocycles. The van der Waals surface area contributed by atoms with E-state index in [0.29, 0.717) is 6.61 Å². The van der Waals surface area contributed by atoms with E-state index in [1.54, 1.807) is 11.3 Å². The summed E-state index contributed by atoms with van der Waals surface area (Å²) < 4.78 is 11.9. The molecule has 0 saturated carbocycles. The molecule has 2 aromatic carbocycles. The van der Waals surface area contributed by atoms with Crippen LogP contribution in [0, 0.1) is 0 Å². The minimum absolute atomic E-state index is 0.0448. The normalized spacial score (nSPS) is 17.6. The van der Waals surface area contributed by atoms with Crippen LogP contribution in [-0.2, 0) is 16.1 Å². The van der Waals surface area contributed by atoms with Gasteiger partial charge in [0.25, 0.3) is 0 Å². The van der Waals surface area contributed by atoms with Crippen LogP contribution in [0.1, 0.15) is 24.8 Å². The summed E-state index contributed by atoms with van der Waals surface area (Å²) in [6, 6.07) is 22.3. The van der Waals surface area contributed by atoms with Crippen molar-refractivity contribution in [3.8, 4) is 10.4 Å². The highest BCUT2D eigenvalue weighted by Gasteiger charge is 2.28. The van der Waals surface area contributed by atoms with Crippen LogP contribution >= 0.6 is 11.3 Å². The maximum atomic E-state index is 6.11. The predicted octanol–water partition coefficient (Wildman–Crippen LogP) is 5.28. The molecular formula is C24H28O2SSi. The van der Waals surface area contributed by atoms with Crippen molar-refractivity contribution in [2.45, 2.75) is 45.3 Å². The fourth-order valence-corrected chi connectivity index (χ4v) is 7.45. The van der Waals surface area contributed by atoms with E-state index in [2.05, 4.69) is 79.1 Å². The average Bonchev–Trinajstić information content (AvgIpc) is 3.28. The van der Waals surface area contributed by atoms with Crippen molar-refractivity contribution >= 4 is 29.8 Å². The van der Waals surface area contributed by atoms with Crippen LogP contribution in [-0.4, -0.2) is 21.0 Å². The zero-order chi connectivity index (χ0) is 19.4. The summed E-state index contributed by atoms with van der Waals surface area (Å²) in [5.74, 6) is 0. The highest BCUT2D eigenvalue weighted by Crippen LogP contribution is 2.24. The van der Waals surface area contributed by atoms with Gasteiger partial charge >= 0.3 is 0 Å². The van der Waals surface area contributed by atoms with Crippen LogP contribution in [0.3, 0.4) is 0 Å². The minimum Gasteiger partial charge on any atom is -0.353 e. The zero-order valence-corrected chi connectivity index (χ0v) is 18.5. The average molecular weight is 409 g/mol. The Balaban J connectivity index is 1.55. The molecule has 1 aliphatic heterocycles. The van der Waals surface area contributed by atoms with Gasteiger partial charge in [0.1, 0.15) is 8.07 Å². The van der Waals surface area contributed by atoms with Crippen molar-refractivity contribution in [1.82, 2.24) is 0 Å². The second kappa shape index (κ2) is 8.74. The van der Waals surface area contributed by atoms with Gasteiger partial charge in [-0.1, -0.05) is 72.9 Å². The molecule has 1 aromatic heterocycles. The highest BCUT2D eigenvalue weighted by atomic mass is 32.1. The summed E-state index contributed by atoms with van der Waals surface area (Å²) in [7, 11) is -1.81. The molecule has 1 fully saturated rings. The molecule has 0 bridgehead atoms. The van der Waals surface area contributed by atoms with Gasteiger partial charge in [-0.15, -0.1) is 11.3 Å². The Morgan fingerprint density at radius 3 is 2.54 bits per heavy atom. The van der Waals surface area contributed by atoms with Crippen LogP contribution in [0.5, 0.6) is 0 Å². The van der Waals surface area contributed by atoms with Gasteiger partial charge in [0, 0.05) is 11.5 Å². The van der Waals surface area contributed by atoms with Gasteiger partial charge in [0.05, 0.1) is 6.61 Å². The van der Waals surface area contributed by atoms with Gasteiger partial charge in [0.15, 0.2) is 6.29 Å². The second-order valence-electron chi connectivity index (χ2n) is 7.94. The third-order valence-electron chi connectivity index (χ3n) is 5.67. The summed E-state index contributed by atoms with van der Waals surface area (Å²) in [4.78, 5) is 1.33. The Bertz CT molecular complexity index is 881. The molecule has 4 rings (SSSR count). The molecule has 1 aliphatic rings. The first-order chi connectivity index (χ1) is 13.6. The number of hydrogen-bond acceptors (Lipinski definition) is 3. The van der Waals surface area contributed by atoms with E-state index in [1.807, 2.05) is 0 Å². The van der Waals surface area contributed by atoms with Crippen molar-refractivity contribution in [3.05, 3.63) is 71.6 Å². The van der Waals surface area contributed by atoms with Gasteiger partial charge in [0.2, 0.25) is 0 Å². The second-order valence-corrected chi connectivity index (χ2v) is 13.3. The van der Waals surface area contributed by atoms with E-state index in [-0.39, 0.29) is 6.29 Å². The van der Waals surface area contributed by atoms with E-state index in [4.69, 9.17) is 9.47 Å². The van der Waals surface area contributed by atoms with Crippen LogP contribution in [0.4, 0.5) is 0 Å². The molecule has 0 N–H and O–H groups in total. The summed E-state index contributed by atoms with van der Waals surface area (Å²) in [5.41, 5.74) is 2.60. The minimum atomic E-state index is -1.81. The Hall–Kier alpha value is -1.72. The Kier molecular flexibility index (Phi) is 6.12. The van der Waals surface area contributed by atoms with E-state index in [1.165, 1.54) is 32.8 Å². The largest absolute Gasteiger partial charge is 0.353 e. The van der Waals surface area contributed by atoms with Gasteiger partial charge in [-0.25, -0.2) is 0 Å². The Morgan fingerprint density at radius 1 is 1.00 bits per heavy atom. The first-order valence-electron chi connectivity index (χ1n) is 10.1. The van der Waals surface area contributed by atoms with Crippen molar-refractivity contribution in [1.29, 1.82) is 0 Å². The number of hydrogen-bond donors (Lipinski definition) is 0. The van der Waals surface area contributed by atoms with E-state index in [9.17, 15) is 0 Å². The predicted molar refractivity (Wildman–Crippen MR) is 121 cm³/mol. The summed E-state index contributed by atoms with van der Waals surface area (Å²) in [6.07, 6.45) is 3.31. The first kappa shape index (κ1) is 19.6. The molecule has 0 radical (unpaired) electrons. The maximum Gasteiger partial charge on any atom is 0.158 e. The third-order valence-corrected chi connectivity index (χ3v) is 10.2. The van der Waals surface area contributed by atoms with Crippen molar-refractivity contribution in [2.24, 2.45) is 0 Å². The standard InChI is InChI=1S/C24H28O2SSi/c1-28(2,21-14-12-19(13-15-21)22-9-7-17-27-22)23-10-4-3-8-20(23)18-26-24-11-5-6-16-25-24/h3-4,7-10,12-15,17,24H,5-6,11,16,18H2,1-2H3. The molecule has 0 amide bonds. The topological polar surface area (TPSA) is 18.5 Å². The summed E-state index contributed by atoms with van der Waals surface area (Å²) in [5, 5.41) is 5.04. The molecule has 2 heterocycles. The summed E-state index contributed by atoms with van der Waals surface area (Å²) in [6.45, 7) is 6.32. The number of benzene rings is 2. The first-order valence-corrected chi connectivity index (χ1v) is 14.0. The van der Waals surface area contributed by atoms with Crippen molar-refractivity contribution < 1.29 is 9.47 Å². The molecular weight excluding hydrogens is 380 g/mol. The quantitative estimate of drug-likeness (QED) is 0.517. The van der Waals surface area contributed by atoms with Gasteiger partial charge in [-0.05, 0) is 47.0 Å². The third kappa shape index (κ3) is 4.30. The van der Waals surface area contributed by atoms with Crippen LogP contribution < -0.4 is 10.4 Å². The van der Waals surface area contributed by atoms with Crippen molar-refractivity contribution in [3.63, 3.8) is 0 Å². The molecule has 3 aromatic rings. The monoisotopic (exact) mass is 408 g/mol. The highest BCUT2D eigenvalue weighted by molar-refractivity contribution is 7.13. The lowest BCUT2D eigenvalue weighted by molar-refractivity contribution is -0.168. The SMILES string of the molecule is C[Si](C)(c1ccc(-c2cccs2)cc1)c1ccccc1COC1CCCCO1. The van der Waals surface area contributed by atoms with E-state index in [0.717, 1.165) is 19.4 Å². The van der Waals surface area contributed by atoms with Gasteiger partial charge in [-0.2, -0.15) is 0 Å². The molecule has 4 heteroatoms. The van der Waals surface area contributed by atoms with E-state index < -0.39 is 8.07 Å². The lowest BCUT2D eigenvalue weighted by Crippen LogP contribution is -2.54. The zero-order valence-electron chi connectivity index (χ0n) is 16.7. The number of rotatable bonds is 6. The van der Waals surface area contributed by atoms with Crippen LogP contribution in [0.25, 0.3) is 10.4 Å². The maximum absolute atomic E-state index is 6.11. The smallest absolute Gasteiger partial charge is 0.158 e. The van der Waals surface area contributed by atoms with E-state index >= 15 is 0 Å². The molecule has 1 unspecified atom stereocenters. The number of ether oxygens (including phenoxy) is 2. The Morgan fingerprint density at radius 2 is 1.82 bits per heavy atom. The molecule has 0 aliphatic carbocycles. The molecule has 28 heavy (non-hydrogen) atoms. The van der Waals surface area contributed by atoms with Gasteiger partial charge in [-0.3, -0.25) is 0 Å². The summed E-state index contributed by atoms with van der Waals surface area (Å²) >= 11 is 1.79. The number of thiophene rings is 1. The fraction of sp³-hybridized carbons (Fsp3) is 0.333. The van der Waals surface area contributed by atoms with Crippen LogP contribution in [0.2, 0.25) is 13.1 Å². The van der Waals surface area contributed by atoms with Crippen molar-refractivity contribution in [2.75, 3.05) is 6.61 Å². The molecule has 2 nitrogen and oxygen atoms in total. The molecule has 146 valence electrons. The van der Waals surface area contributed by atoms with Gasteiger partial charge < -0.3 is 9.47 Å². The molecule has 0 spiro atoms. The van der Waals surface area contributed by atoms with Crippen LogP contribution in [0.15, 0.2) is 66.0 Å².